The monoisotopic (exact) mass is 227 g/mol. The molecule has 0 aliphatic carbocycles. The number of hydrazine groups is 1. The third kappa shape index (κ3) is 3.50. The number of hydrogen-bond acceptors (Lipinski definition) is 4. The van der Waals surface area contributed by atoms with Gasteiger partial charge in [0.25, 0.3) is 0 Å². The summed E-state index contributed by atoms with van der Waals surface area (Å²) in [5.41, 5.74) is 1.96. The molecule has 1 amide bonds. The summed E-state index contributed by atoms with van der Waals surface area (Å²) in [5.74, 6) is 4.79. The average molecular weight is 227 g/mol. The Bertz CT molecular complexity index is 395. The van der Waals surface area contributed by atoms with Crippen molar-refractivity contribution >= 4 is 5.91 Å². The van der Waals surface area contributed by atoms with Crippen LogP contribution in [0.5, 0.6) is 0 Å². The summed E-state index contributed by atoms with van der Waals surface area (Å²) in [6, 6.07) is 0. The maximum Gasteiger partial charge on any atom is 0.345 e. The van der Waals surface area contributed by atoms with Crippen LogP contribution in [0.4, 0.5) is 0 Å². The molecule has 90 valence electrons. The summed E-state index contributed by atoms with van der Waals surface area (Å²) in [4.78, 5) is 22.2. The summed E-state index contributed by atoms with van der Waals surface area (Å²) in [5, 5.41) is 3.93. The summed E-state index contributed by atoms with van der Waals surface area (Å²) in [6.45, 7) is 0.587. The molecule has 0 aromatic carbocycles. The van der Waals surface area contributed by atoms with Crippen molar-refractivity contribution in [3.8, 4) is 0 Å². The number of rotatable bonds is 6. The van der Waals surface area contributed by atoms with E-state index in [1.54, 1.807) is 7.05 Å². The molecule has 3 N–H and O–H groups in total. The van der Waals surface area contributed by atoms with Gasteiger partial charge in [-0.05, 0) is 12.8 Å². The van der Waals surface area contributed by atoms with E-state index in [0.29, 0.717) is 13.0 Å². The molecule has 0 saturated carbocycles. The molecule has 0 aliphatic rings. The summed E-state index contributed by atoms with van der Waals surface area (Å²) in [6.07, 6.45) is 4.38. The SMILES string of the molecule is Cn1cnn(CCCCCC(=O)NN)c1=O. The Morgan fingerprint density at radius 1 is 1.50 bits per heavy atom. The number of amides is 1. The molecule has 0 spiro atoms. The number of aryl methyl sites for hydroxylation is 2. The number of carbonyl (C=O) groups excluding carboxylic acids is 1. The Kier molecular flexibility index (Phi) is 4.71. The van der Waals surface area contributed by atoms with Gasteiger partial charge in [-0.25, -0.2) is 15.3 Å². The lowest BCUT2D eigenvalue weighted by Gasteiger charge is -2.00. The van der Waals surface area contributed by atoms with Crippen LogP contribution in [-0.4, -0.2) is 20.3 Å². The van der Waals surface area contributed by atoms with E-state index in [9.17, 15) is 9.59 Å². The highest BCUT2D eigenvalue weighted by molar-refractivity contribution is 5.74. The van der Waals surface area contributed by atoms with Gasteiger partial charge in [0.15, 0.2) is 0 Å². The van der Waals surface area contributed by atoms with Crippen molar-refractivity contribution in [1.29, 1.82) is 0 Å². The standard InChI is InChI=1S/C9H17N5O2/c1-13-7-11-14(9(13)16)6-4-2-3-5-8(15)12-10/h7H,2-6,10H2,1H3,(H,12,15). The van der Waals surface area contributed by atoms with Gasteiger partial charge >= 0.3 is 5.69 Å². The molecule has 0 aliphatic heterocycles. The quantitative estimate of drug-likeness (QED) is 0.286. The molecular formula is C9H17N5O2. The van der Waals surface area contributed by atoms with Gasteiger partial charge in [-0.2, -0.15) is 5.10 Å². The number of nitrogens with one attached hydrogen (secondary N) is 1. The zero-order chi connectivity index (χ0) is 12.0. The lowest BCUT2D eigenvalue weighted by molar-refractivity contribution is -0.121. The van der Waals surface area contributed by atoms with Crippen molar-refractivity contribution in [2.24, 2.45) is 12.9 Å². The van der Waals surface area contributed by atoms with Crippen LogP contribution in [0, 0.1) is 0 Å². The maximum atomic E-state index is 11.4. The highest BCUT2D eigenvalue weighted by Crippen LogP contribution is 2.00. The summed E-state index contributed by atoms with van der Waals surface area (Å²) >= 11 is 0. The van der Waals surface area contributed by atoms with Crippen molar-refractivity contribution in [3.05, 3.63) is 16.8 Å². The van der Waals surface area contributed by atoms with Crippen molar-refractivity contribution in [3.63, 3.8) is 0 Å². The Labute approximate surface area is 93.2 Å². The maximum absolute atomic E-state index is 11.4. The van der Waals surface area contributed by atoms with Crippen LogP contribution in [0.1, 0.15) is 25.7 Å². The van der Waals surface area contributed by atoms with Gasteiger partial charge in [-0.1, -0.05) is 6.42 Å². The van der Waals surface area contributed by atoms with Crippen LogP contribution in [0.3, 0.4) is 0 Å². The van der Waals surface area contributed by atoms with Crippen LogP contribution in [0.25, 0.3) is 0 Å². The van der Waals surface area contributed by atoms with Gasteiger partial charge in [-0.15, -0.1) is 0 Å². The highest BCUT2D eigenvalue weighted by Gasteiger charge is 2.01. The second-order valence-electron chi connectivity index (χ2n) is 3.63. The number of nitrogens with two attached hydrogens (primary N) is 1. The largest absolute Gasteiger partial charge is 0.345 e. The highest BCUT2D eigenvalue weighted by atomic mass is 16.2. The van der Waals surface area contributed by atoms with Crippen LogP contribution < -0.4 is 17.0 Å². The third-order valence-corrected chi connectivity index (χ3v) is 2.32. The lowest BCUT2D eigenvalue weighted by Crippen LogP contribution is -2.29. The molecule has 1 aromatic heterocycles. The lowest BCUT2D eigenvalue weighted by atomic mass is 10.2. The molecular weight excluding hydrogens is 210 g/mol. The molecule has 1 aromatic rings. The third-order valence-electron chi connectivity index (χ3n) is 2.32. The minimum absolute atomic E-state index is 0.111. The Balaban J connectivity index is 2.19. The molecule has 0 unspecified atom stereocenters. The topological polar surface area (TPSA) is 94.9 Å². The summed E-state index contributed by atoms with van der Waals surface area (Å²) in [7, 11) is 1.66. The normalized spacial score (nSPS) is 10.4. The minimum Gasteiger partial charge on any atom is -0.294 e. The van der Waals surface area contributed by atoms with E-state index in [4.69, 9.17) is 5.84 Å². The second kappa shape index (κ2) is 6.06. The molecule has 0 fully saturated rings. The number of aromatic nitrogens is 3. The molecule has 0 radical (unpaired) electrons. The van der Waals surface area contributed by atoms with Crippen molar-refractivity contribution < 1.29 is 4.79 Å². The minimum atomic E-state index is -0.157. The first-order chi connectivity index (χ1) is 7.65. The molecule has 16 heavy (non-hydrogen) atoms. The molecule has 0 saturated heterocycles. The van der Waals surface area contributed by atoms with E-state index in [-0.39, 0.29) is 11.6 Å². The average Bonchev–Trinajstić information content (AvgIpc) is 2.60. The van der Waals surface area contributed by atoms with E-state index in [2.05, 4.69) is 10.5 Å². The van der Waals surface area contributed by atoms with Crippen LogP contribution >= 0.6 is 0 Å². The molecule has 1 heterocycles. The first-order valence-electron chi connectivity index (χ1n) is 5.23. The zero-order valence-corrected chi connectivity index (χ0v) is 9.35. The number of nitrogens with zero attached hydrogens (tertiary/aromatic N) is 3. The van der Waals surface area contributed by atoms with E-state index in [0.717, 1.165) is 19.3 Å². The number of carbonyl (C=O) groups is 1. The molecule has 0 atom stereocenters. The summed E-state index contributed by atoms with van der Waals surface area (Å²) < 4.78 is 2.85. The predicted molar refractivity (Wildman–Crippen MR) is 58.3 cm³/mol. The molecule has 0 bridgehead atoms. The van der Waals surface area contributed by atoms with Gasteiger partial charge in [0.1, 0.15) is 6.33 Å². The molecule has 7 nitrogen and oxygen atoms in total. The van der Waals surface area contributed by atoms with Gasteiger partial charge in [0.2, 0.25) is 5.91 Å². The molecule has 1 rings (SSSR count). The number of hydrogen-bond donors (Lipinski definition) is 2. The van der Waals surface area contributed by atoms with Gasteiger partial charge in [0, 0.05) is 20.0 Å². The Hall–Kier alpha value is -1.63. The van der Waals surface area contributed by atoms with E-state index in [1.165, 1.54) is 15.6 Å². The van der Waals surface area contributed by atoms with Gasteiger partial charge in [0.05, 0.1) is 0 Å². The predicted octanol–water partition coefficient (Wildman–Crippen LogP) is -0.868. The smallest absolute Gasteiger partial charge is 0.294 e. The van der Waals surface area contributed by atoms with Crippen LogP contribution in [0.2, 0.25) is 0 Å². The first-order valence-corrected chi connectivity index (χ1v) is 5.23. The fraction of sp³-hybridized carbons (Fsp3) is 0.667. The van der Waals surface area contributed by atoms with Crippen molar-refractivity contribution in [1.82, 2.24) is 19.8 Å². The Morgan fingerprint density at radius 2 is 2.25 bits per heavy atom. The van der Waals surface area contributed by atoms with Gasteiger partial charge in [-0.3, -0.25) is 14.8 Å². The fourth-order valence-electron chi connectivity index (χ4n) is 1.37. The molecule has 7 heteroatoms. The van der Waals surface area contributed by atoms with E-state index in [1.807, 2.05) is 0 Å². The van der Waals surface area contributed by atoms with Crippen LogP contribution in [0.15, 0.2) is 11.1 Å². The first kappa shape index (κ1) is 12.4. The van der Waals surface area contributed by atoms with Crippen molar-refractivity contribution in [2.75, 3.05) is 0 Å². The fourth-order valence-corrected chi connectivity index (χ4v) is 1.37. The number of unbranched alkanes of at least 4 members (excludes halogenated alkanes) is 2. The zero-order valence-electron chi connectivity index (χ0n) is 9.35. The Morgan fingerprint density at radius 3 is 2.81 bits per heavy atom. The van der Waals surface area contributed by atoms with Gasteiger partial charge < -0.3 is 0 Å². The van der Waals surface area contributed by atoms with Crippen LogP contribution in [-0.2, 0) is 18.4 Å². The second-order valence-corrected chi connectivity index (χ2v) is 3.63. The van der Waals surface area contributed by atoms with Crippen molar-refractivity contribution in [2.45, 2.75) is 32.2 Å². The van der Waals surface area contributed by atoms with E-state index >= 15 is 0 Å². The van der Waals surface area contributed by atoms with E-state index < -0.39 is 0 Å².